The van der Waals surface area contributed by atoms with Gasteiger partial charge in [0.15, 0.2) is 0 Å². The standard InChI is InChI=1S/C32H38O8S3/c1-21-6-3-2-4-7-23-18-24(33)19-26(23)27(14-15-31(36)39-21)40-30(35)9-5-8-29(34)38-17-16-37-25-12-10-22(11-13-25)28-20-32(41)43-42-28/h4,7,10-15,20-21,23-24,26-27,33H,2-3,5-6,8-9,16-19H2,1H3/b7-4+,15-14+/t21-,23+,24-,26+,27+/m0/s1. The van der Waals surface area contributed by atoms with Crippen LogP contribution in [0.1, 0.15) is 58.3 Å². The predicted octanol–water partition coefficient (Wildman–Crippen LogP) is 6.83. The molecular formula is C32H38O8S3. The molecule has 43 heavy (non-hydrogen) atoms. The lowest BCUT2D eigenvalue weighted by molar-refractivity contribution is -0.151. The average molecular weight is 647 g/mol. The first-order valence-electron chi connectivity index (χ1n) is 14.7. The van der Waals surface area contributed by atoms with Crippen molar-refractivity contribution in [2.24, 2.45) is 11.8 Å². The van der Waals surface area contributed by atoms with Crippen LogP contribution in [0.4, 0.5) is 0 Å². The lowest BCUT2D eigenvalue weighted by Gasteiger charge is -2.25. The summed E-state index contributed by atoms with van der Waals surface area (Å²) >= 11 is 5.19. The number of rotatable bonds is 10. The van der Waals surface area contributed by atoms with E-state index in [0.717, 1.165) is 33.5 Å². The summed E-state index contributed by atoms with van der Waals surface area (Å²) < 4.78 is 23.0. The number of benzene rings is 1. The van der Waals surface area contributed by atoms with Crippen molar-refractivity contribution in [1.82, 2.24) is 0 Å². The van der Waals surface area contributed by atoms with Crippen LogP contribution < -0.4 is 4.74 Å². The summed E-state index contributed by atoms with van der Waals surface area (Å²) in [5, 5.41) is 10.3. The quantitative estimate of drug-likeness (QED) is 0.0742. The fourth-order valence-corrected chi connectivity index (χ4v) is 7.67. The molecular weight excluding hydrogens is 609 g/mol. The number of carbonyl (C=O) groups excluding carboxylic acids is 3. The van der Waals surface area contributed by atoms with E-state index >= 15 is 0 Å². The van der Waals surface area contributed by atoms with Crippen LogP contribution in [0, 0.1) is 15.7 Å². The minimum atomic E-state index is -0.689. The second-order valence-corrected chi connectivity index (χ2v) is 13.7. The van der Waals surface area contributed by atoms with Gasteiger partial charge in [0.1, 0.15) is 28.9 Å². The van der Waals surface area contributed by atoms with E-state index in [1.807, 2.05) is 37.3 Å². The fraction of sp³-hybridized carbons (Fsp3) is 0.500. The topological polar surface area (TPSA) is 108 Å². The molecule has 5 atom stereocenters. The van der Waals surface area contributed by atoms with Crippen molar-refractivity contribution in [2.45, 2.75) is 76.6 Å². The maximum Gasteiger partial charge on any atom is 0.330 e. The van der Waals surface area contributed by atoms with Gasteiger partial charge in [-0.15, -0.1) is 0 Å². The Balaban J connectivity index is 1.19. The molecule has 1 aromatic heterocycles. The van der Waals surface area contributed by atoms with Gasteiger partial charge >= 0.3 is 17.9 Å². The molecule has 0 amide bonds. The number of cyclic esters (lactones) is 1. The number of aliphatic hydroxyl groups is 1. The fourth-order valence-electron chi connectivity index (χ4n) is 5.27. The molecule has 1 aromatic carbocycles. The molecule has 8 nitrogen and oxygen atoms in total. The summed E-state index contributed by atoms with van der Waals surface area (Å²) in [6.07, 6.45) is 9.58. The van der Waals surface area contributed by atoms with Crippen molar-refractivity contribution in [1.29, 1.82) is 0 Å². The van der Waals surface area contributed by atoms with E-state index in [0.29, 0.717) is 18.6 Å². The molecule has 1 aliphatic heterocycles. The third kappa shape index (κ3) is 11.0. The monoisotopic (exact) mass is 646 g/mol. The molecule has 1 saturated carbocycles. The molecule has 0 radical (unpaired) electrons. The largest absolute Gasteiger partial charge is 0.490 e. The molecule has 1 aliphatic carbocycles. The van der Waals surface area contributed by atoms with E-state index in [4.69, 9.17) is 31.2 Å². The van der Waals surface area contributed by atoms with Gasteiger partial charge < -0.3 is 24.1 Å². The van der Waals surface area contributed by atoms with E-state index in [1.54, 1.807) is 26.8 Å². The zero-order valence-electron chi connectivity index (χ0n) is 24.2. The van der Waals surface area contributed by atoms with Crippen LogP contribution >= 0.6 is 32.9 Å². The Morgan fingerprint density at radius 2 is 1.86 bits per heavy atom. The highest BCUT2D eigenvalue weighted by molar-refractivity contribution is 7.80. The number of carbonyl (C=O) groups is 3. The minimum Gasteiger partial charge on any atom is -0.490 e. The van der Waals surface area contributed by atoms with Gasteiger partial charge in [0.25, 0.3) is 0 Å². The summed E-state index contributed by atoms with van der Waals surface area (Å²) in [7, 11) is 3.21. The van der Waals surface area contributed by atoms with Gasteiger partial charge in [-0.25, -0.2) is 4.79 Å². The molecule has 11 heteroatoms. The van der Waals surface area contributed by atoms with Gasteiger partial charge in [0.2, 0.25) is 0 Å². The Bertz CT molecular complexity index is 1330. The molecule has 0 saturated heterocycles. The molecule has 0 spiro atoms. The van der Waals surface area contributed by atoms with E-state index in [2.05, 4.69) is 12.2 Å². The zero-order chi connectivity index (χ0) is 30.6. The van der Waals surface area contributed by atoms with Crippen molar-refractivity contribution < 1.29 is 38.4 Å². The van der Waals surface area contributed by atoms with E-state index in [-0.39, 0.29) is 50.4 Å². The molecule has 232 valence electrons. The highest BCUT2D eigenvalue weighted by Gasteiger charge is 2.38. The van der Waals surface area contributed by atoms with Crippen LogP contribution in [0.3, 0.4) is 0 Å². The van der Waals surface area contributed by atoms with Crippen LogP contribution in [-0.4, -0.2) is 54.5 Å². The van der Waals surface area contributed by atoms with Crippen LogP contribution in [0.2, 0.25) is 0 Å². The number of fused-ring (bicyclic) bond motifs is 1. The highest BCUT2D eigenvalue weighted by Crippen LogP contribution is 2.38. The van der Waals surface area contributed by atoms with Gasteiger partial charge in [-0.2, -0.15) is 0 Å². The minimum absolute atomic E-state index is 0.0253. The lowest BCUT2D eigenvalue weighted by atomic mass is 9.89. The van der Waals surface area contributed by atoms with Crippen molar-refractivity contribution in [3.8, 4) is 16.2 Å². The summed E-state index contributed by atoms with van der Waals surface area (Å²) in [5.41, 5.74) is 1.07. The first kappa shape index (κ1) is 33.0. The van der Waals surface area contributed by atoms with Crippen molar-refractivity contribution >= 4 is 50.8 Å². The third-order valence-corrected chi connectivity index (χ3v) is 10.3. The zero-order valence-corrected chi connectivity index (χ0v) is 26.6. The number of aliphatic hydroxyl groups excluding tert-OH is 1. The van der Waals surface area contributed by atoms with Gasteiger partial charge in [-0.1, -0.05) is 45.1 Å². The van der Waals surface area contributed by atoms with Crippen molar-refractivity contribution in [3.63, 3.8) is 0 Å². The summed E-state index contributed by atoms with van der Waals surface area (Å²) in [5.74, 6) is -0.833. The van der Waals surface area contributed by atoms with E-state index in [9.17, 15) is 19.5 Å². The van der Waals surface area contributed by atoms with Crippen molar-refractivity contribution in [2.75, 3.05) is 13.2 Å². The smallest absolute Gasteiger partial charge is 0.330 e. The Hall–Kier alpha value is -2.86. The first-order chi connectivity index (χ1) is 20.8. The van der Waals surface area contributed by atoms with Gasteiger partial charge in [-0.05, 0) is 93.3 Å². The molecule has 0 unspecified atom stereocenters. The lowest BCUT2D eigenvalue weighted by Crippen LogP contribution is -2.28. The maximum atomic E-state index is 12.7. The highest BCUT2D eigenvalue weighted by atomic mass is 32.9. The Labute approximate surface area is 264 Å². The second kappa shape index (κ2) is 16.8. The van der Waals surface area contributed by atoms with Gasteiger partial charge in [0, 0.05) is 29.7 Å². The van der Waals surface area contributed by atoms with Gasteiger partial charge in [0.05, 0.1) is 12.2 Å². The van der Waals surface area contributed by atoms with Crippen LogP contribution in [0.5, 0.6) is 5.75 Å². The normalized spacial score (nSPS) is 25.6. The SMILES string of the molecule is C[C@H]1CCC/C=C/[C@@H]2C[C@H](O)C[C@H]2[C@H](OC(=O)CCCC(=O)OCCOc2ccc(-c3cc(=S)ss3)cc2)/C=C/C(=O)O1. The molecule has 0 bridgehead atoms. The third-order valence-electron chi connectivity index (χ3n) is 7.41. The van der Waals surface area contributed by atoms with Gasteiger partial charge in [-0.3, -0.25) is 9.59 Å². The average Bonchev–Trinajstić information content (AvgIpc) is 3.58. The van der Waals surface area contributed by atoms with E-state index < -0.39 is 30.1 Å². The Morgan fingerprint density at radius 3 is 2.63 bits per heavy atom. The Kier molecular flexibility index (Phi) is 12.9. The van der Waals surface area contributed by atoms with Crippen molar-refractivity contribution in [3.05, 3.63) is 58.5 Å². The maximum absolute atomic E-state index is 12.7. The number of hydrogen-bond donors (Lipinski definition) is 1. The van der Waals surface area contributed by atoms with E-state index in [1.165, 1.54) is 6.08 Å². The number of ether oxygens (including phenoxy) is 4. The molecule has 1 N–H and O–H groups in total. The Morgan fingerprint density at radius 1 is 1.07 bits per heavy atom. The number of esters is 3. The van der Waals surface area contributed by atoms with Crippen LogP contribution in [-0.2, 0) is 28.6 Å². The number of allylic oxidation sites excluding steroid dienone is 2. The predicted molar refractivity (Wildman–Crippen MR) is 169 cm³/mol. The summed E-state index contributed by atoms with van der Waals surface area (Å²) in [6, 6.07) is 9.63. The summed E-state index contributed by atoms with van der Waals surface area (Å²) in [4.78, 5) is 38.3. The summed E-state index contributed by atoms with van der Waals surface area (Å²) in [6.45, 7) is 2.17. The first-order valence-corrected chi connectivity index (χ1v) is 17.2. The molecule has 2 heterocycles. The second-order valence-electron chi connectivity index (χ2n) is 10.8. The molecule has 1 fully saturated rings. The van der Waals surface area contributed by atoms with Crippen LogP contribution in [0.25, 0.3) is 10.4 Å². The number of hydrogen-bond acceptors (Lipinski definition) is 11. The van der Waals surface area contributed by atoms with Crippen LogP contribution in [0.15, 0.2) is 54.6 Å². The molecule has 2 aromatic rings. The molecule has 4 rings (SSSR count). The molecule has 2 aliphatic rings.